The van der Waals surface area contributed by atoms with Gasteiger partial charge in [-0.3, -0.25) is 9.89 Å². The van der Waals surface area contributed by atoms with Crippen molar-refractivity contribution in [3.8, 4) is 5.75 Å². The van der Waals surface area contributed by atoms with E-state index in [1.54, 1.807) is 7.11 Å². The number of aliphatic imine (C=N–C) groups is 1. The van der Waals surface area contributed by atoms with Gasteiger partial charge in [0.05, 0.1) is 26.0 Å². The van der Waals surface area contributed by atoms with Crippen LogP contribution in [0.3, 0.4) is 0 Å². The highest BCUT2D eigenvalue weighted by Crippen LogP contribution is 2.30. The fourth-order valence-electron chi connectivity index (χ4n) is 4.34. The van der Waals surface area contributed by atoms with E-state index >= 15 is 0 Å². The first-order valence-electron chi connectivity index (χ1n) is 11.5. The summed E-state index contributed by atoms with van der Waals surface area (Å²) in [7, 11) is 3.55. The molecule has 2 N–H and O–H groups in total. The number of rotatable bonds is 7. The van der Waals surface area contributed by atoms with Gasteiger partial charge in [0.15, 0.2) is 5.96 Å². The molecule has 0 amide bonds. The van der Waals surface area contributed by atoms with Gasteiger partial charge in [-0.2, -0.15) is 0 Å². The van der Waals surface area contributed by atoms with Crippen LogP contribution in [0.2, 0.25) is 0 Å². The summed E-state index contributed by atoms with van der Waals surface area (Å²) in [6, 6.07) is 17.4. The van der Waals surface area contributed by atoms with Gasteiger partial charge in [-0.25, -0.2) is 0 Å². The van der Waals surface area contributed by atoms with Crippen molar-refractivity contribution in [3.05, 3.63) is 59.7 Å². The van der Waals surface area contributed by atoms with Crippen LogP contribution in [-0.4, -0.2) is 70.5 Å². The Bertz CT molecular complexity index is 887. The van der Waals surface area contributed by atoms with Gasteiger partial charge in [-0.05, 0) is 29.7 Å². The summed E-state index contributed by atoms with van der Waals surface area (Å²) in [5.74, 6) is 1.77. The van der Waals surface area contributed by atoms with Crippen molar-refractivity contribution in [2.24, 2.45) is 4.99 Å². The van der Waals surface area contributed by atoms with Crippen molar-refractivity contribution in [1.82, 2.24) is 15.5 Å². The van der Waals surface area contributed by atoms with Crippen LogP contribution in [0, 0.1) is 0 Å². The second kappa shape index (κ2) is 13.0. The minimum absolute atomic E-state index is 0. The Labute approximate surface area is 214 Å². The largest absolute Gasteiger partial charge is 0.495 e. The number of para-hydroxylation sites is 2. The lowest BCUT2D eigenvalue weighted by Crippen LogP contribution is -2.44. The van der Waals surface area contributed by atoms with Crippen molar-refractivity contribution >= 4 is 35.6 Å². The van der Waals surface area contributed by atoms with E-state index < -0.39 is 0 Å². The van der Waals surface area contributed by atoms with Gasteiger partial charge in [0.25, 0.3) is 0 Å². The molecule has 0 bridgehead atoms. The third-order valence-electron chi connectivity index (χ3n) is 6.17. The summed E-state index contributed by atoms with van der Waals surface area (Å²) in [6.45, 7) is 7.38. The molecule has 7 nitrogen and oxygen atoms in total. The summed E-state index contributed by atoms with van der Waals surface area (Å²) in [5, 5.41) is 7.04. The standard InChI is InChI=1S/C25H35N5O2.HI/c1-26-25(28-22-11-12-30(19-22)23-5-3-4-6-24(23)31-2)27-17-20-7-9-21(10-8-20)18-29-13-15-32-16-14-29;/h3-10,22H,11-19H2,1-2H3,(H2,26,27,28);1H. The minimum atomic E-state index is 0. The molecule has 2 fully saturated rings. The summed E-state index contributed by atoms with van der Waals surface area (Å²) >= 11 is 0. The van der Waals surface area contributed by atoms with E-state index in [0.717, 1.165) is 76.3 Å². The van der Waals surface area contributed by atoms with E-state index in [2.05, 4.69) is 61.8 Å². The number of anilines is 1. The number of ether oxygens (including phenoxy) is 2. The lowest BCUT2D eigenvalue weighted by atomic mass is 10.1. The van der Waals surface area contributed by atoms with E-state index in [1.807, 2.05) is 19.2 Å². The summed E-state index contributed by atoms with van der Waals surface area (Å²) in [5.41, 5.74) is 3.75. The second-order valence-corrected chi connectivity index (χ2v) is 8.38. The van der Waals surface area contributed by atoms with Gasteiger partial charge < -0.3 is 25.0 Å². The Morgan fingerprint density at radius 2 is 1.79 bits per heavy atom. The number of nitrogens with one attached hydrogen (secondary N) is 2. The molecule has 4 rings (SSSR count). The Kier molecular flexibility index (Phi) is 10.1. The highest BCUT2D eigenvalue weighted by molar-refractivity contribution is 14.0. The number of benzene rings is 2. The van der Waals surface area contributed by atoms with Crippen LogP contribution in [0.5, 0.6) is 5.75 Å². The van der Waals surface area contributed by atoms with Crippen LogP contribution < -0.4 is 20.3 Å². The number of nitrogens with zero attached hydrogens (tertiary/aromatic N) is 3. The highest BCUT2D eigenvalue weighted by Gasteiger charge is 2.25. The fraction of sp³-hybridized carbons (Fsp3) is 0.480. The van der Waals surface area contributed by atoms with Crippen LogP contribution in [0.4, 0.5) is 5.69 Å². The summed E-state index contributed by atoms with van der Waals surface area (Å²) in [6.07, 6.45) is 1.06. The second-order valence-electron chi connectivity index (χ2n) is 8.38. The number of hydrogen-bond acceptors (Lipinski definition) is 5. The number of morpholine rings is 1. The molecule has 1 atom stereocenters. The third kappa shape index (κ3) is 7.22. The Morgan fingerprint density at radius 1 is 1.06 bits per heavy atom. The average molecular weight is 566 g/mol. The lowest BCUT2D eigenvalue weighted by molar-refractivity contribution is 0.0342. The molecule has 2 saturated heterocycles. The van der Waals surface area contributed by atoms with E-state index in [4.69, 9.17) is 9.47 Å². The molecule has 2 aromatic rings. The first-order chi connectivity index (χ1) is 15.7. The zero-order valence-electron chi connectivity index (χ0n) is 19.6. The molecule has 180 valence electrons. The van der Waals surface area contributed by atoms with Gasteiger partial charge >= 0.3 is 0 Å². The Balaban J connectivity index is 0.00000306. The van der Waals surface area contributed by atoms with Crippen molar-refractivity contribution in [1.29, 1.82) is 0 Å². The summed E-state index contributed by atoms with van der Waals surface area (Å²) in [4.78, 5) is 9.24. The predicted octanol–water partition coefficient (Wildman–Crippen LogP) is 3.09. The van der Waals surface area contributed by atoms with Crippen molar-refractivity contribution in [3.63, 3.8) is 0 Å². The van der Waals surface area contributed by atoms with Crippen molar-refractivity contribution in [2.45, 2.75) is 25.6 Å². The smallest absolute Gasteiger partial charge is 0.191 e. The number of guanidine groups is 1. The summed E-state index contributed by atoms with van der Waals surface area (Å²) < 4.78 is 11.0. The molecule has 2 heterocycles. The molecule has 2 aliphatic heterocycles. The number of hydrogen-bond donors (Lipinski definition) is 2. The van der Waals surface area contributed by atoms with Gasteiger partial charge in [-0.15, -0.1) is 24.0 Å². The van der Waals surface area contributed by atoms with Crippen LogP contribution in [0.15, 0.2) is 53.5 Å². The zero-order chi connectivity index (χ0) is 22.2. The van der Waals surface area contributed by atoms with Crippen molar-refractivity contribution in [2.75, 3.05) is 58.5 Å². The molecule has 1 unspecified atom stereocenters. The quantitative estimate of drug-likeness (QED) is 0.306. The normalized spacial score (nSPS) is 19.2. The van der Waals surface area contributed by atoms with E-state index in [0.29, 0.717) is 6.04 Å². The zero-order valence-corrected chi connectivity index (χ0v) is 22.0. The number of halogens is 1. The van der Waals surface area contributed by atoms with Crippen LogP contribution >= 0.6 is 24.0 Å². The van der Waals surface area contributed by atoms with Crippen molar-refractivity contribution < 1.29 is 9.47 Å². The van der Waals surface area contributed by atoms with Gasteiger partial charge in [0, 0.05) is 52.4 Å². The van der Waals surface area contributed by atoms with E-state index in [1.165, 1.54) is 11.1 Å². The van der Waals surface area contributed by atoms with Crippen LogP contribution in [0.1, 0.15) is 17.5 Å². The Morgan fingerprint density at radius 3 is 2.52 bits per heavy atom. The average Bonchev–Trinajstić information content (AvgIpc) is 3.31. The molecule has 0 saturated carbocycles. The van der Waals surface area contributed by atoms with Gasteiger partial charge in [0.1, 0.15) is 5.75 Å². The van der Waals surface area contributed by atoms with Gasteiger partial charge in [-0.1, -0.05) is 36.4 Å². The third-order valence-corrected chi connectivity index (χ3v) is 6.17. The maximum Gasteiger partial charge on any atom is 0.191 e. The molecule has 8 heteroatoms. The highest BCUT2D eigenvalue weighted by atomic mass is 127. The lowest BCUT2D eigenvalue weighted by Gasteiger charge is -2.26. The Hall–Kier alpha value is -2.04. The number of methoxy groups -OCH3 is 1. The fourth-order valence-corrected chi connectivity index (χ4v) is 4.34. The van der Waals surface area contributed by atoms with E-state index in [-0.39, 0.29) is 24.0 Å². The molecular formula is C25H36IN5O2. The van der Waals surface area contributed by atoms with Crippen LogP contribution in [-0.2, 0) is 17.8 Å². The molecule has 0 aromatic heterocycles. The molecular weight excluding hydrogens is 529 g/mol. The first-order valence-corrected chi connectivity index (χ1v) is 11.5. The maximum absolute atomic E-state index is 5.53. The monoisotopic (exact) mass is 565 g/mol. The SMILES string of the molecule is CN=C(NCc1ccc(CN2CCOCC2)cc1)NC1CCN(c2ccccc2OC)C1.I. The molecule has 0 spiro atoms. The molecule has 0 aliphatic carbocycles. The molecule has 2 aromatic carbocycles. The molecule has 0 radical (unpaired) electrons. The first kappa shape index (κ1) is 25.6. The minimum Gasteiger partial charge on any atom is -0.495 e. The topological polar surface area (TPSA) is 61.4 Å². The van der Waals surface area contributed by atoms with Crippen LogP contribution in [0.25, 0.3) is 0 Å². The molecule has 33 heavy (non-hydrogen) atoms. The van der Waals surface area contributed by atoms with E-state index in [9.17, 15) is 0 Å². The molecule has 2 aliphatic rings. The van der Waals surface area contributed by atoms with Gasteiger partial charge in [0.2, 0.25) is 0 Å². The predicted molar refractivity (Wildman–Crippen MR) is 145 cm³/mol. The maximum atomic E-state index is 5.53.